The van der Waals surface area contributed by atoms with Gasteiger partial charge >= 0.3 is 0 Å². The first-order valence-electron chi connectivity index (χ1n) is 8.34. The van der Waals surface area contributed by atoms with Gasteiger partial charge in [0.05, 0.1) is 0 Å². The van der Waals surface area contributed by atoms with Gasteiger partial charge < -0.3 is 5.32 Å². The van der Waals surface area contributed by atoms with E-state index in [9.17, 15) is 0 Å². The molecule has 110 valence electrons. The van der Waals surface area contributed by atoms with Gasteiger partial charge in [-0.2, -0.15) is 0 Å². The van der Waals surface area contributed by atoms with E-state index in [1.807, 2.05) is 0 Å². The minimum atomic E-state index is 0.996. The molecule has 2 heteroatoms. The zero-order chi connectivity index (χ0) is 13.8. The first kappa shape index (κ1) is 14.1. The molecule has 1 N–H and O–H groups in total. The van der Waals surface area contributed by atoms with E-state index in [2.05, 4.69) is 41.4 Å². The summed E-state index contributed by atoms with van der Waals surface area (Å²) >= 11 is 0. The van der Waals surface area contributed by atoms with Crippen LogP contribution in [0.25, 0.3) is 0 Å². The van der Waals surface area contributed by atoms with E-state index in [4.69, 9.17) is 0 Å². The monoisotopic (exact) mass is 272 g/mol. The minimum absolute atomic E-state index is 0.996. The Bertz CT molecular complexity index is 407. The highest BCUT2D eigenvalue weighted by molar-refractivity contribution is 5.23. The molecular formula is C18H28N2. The first-order valence-corrected chi connectivity index (χ1v) is 8.34. The van der Waals surface area contributed by atoms with E-state index < -0.39 is 0 Å². The molecule has 2 saturated carbocycles. The standard InChI is InChI=1S/C18H28N2/c1-2-19-11-17-4-3-5-18(10-17)14-20(12-15-6-7-15)13-16-8-9-16/h3-5,10,15-16,19H,2,6-9,11-14H2,1H3. The fourth-order valence-electron chi connectivity index (χ4n) is 2.90. The van der Waals surface area contributed by atoms with Crippen molar-refractivity contribution in [3.8, 4) is 0 Å². The second kappa shape index (κ2) is 6.73. The second-order valence-corrected chi connectivity index (χ2v) is 6.68. The molecule has 0 aromatic heterocycles. The van der Waals surface area contributed by atoms with Crippen molar-refractivity contribution in [2.45, 2.75) is 45.7 Å². The summed E-state index contributed by atoms with van der Waals surface area (Å²) in [6, 6.07) is 9.13. The van der Waals surface area contributed by atoms with E-state index in [1.165, 1.54) is 49.9 Å². The van der Waals surface area contributed by atoms with E-state index >= 15 is 0 Å². The van der Waals surface area contributed by atoms with Gasteiger partial charge in [-0.25, -0.2) is 0 Å². The van der Waals surface area contributed by atoms with Crippen molar-refractivity contribution in [3.63, 3.8) is 0 Å². The summed E-state index contributed by atoms with van der Waals surface area (Å²) < 4.78 is 0. The number of benzene rings is 1. The zero-order valence-electron chi connectivity index (χ0n) is 12.8. The molecule has 0 spiro atoms. The Hall–Kier alpha value is -0.860. The highest BCUT2D eigenvalue weighted by Crippen LogP contribution is 2.34. The van der Waals surface area contributed by atoms with Gasteiger partial charge in [-0.15, -0.1) is 0 Å². The Morgan fingerprint density at radius 2 is 1.70 bits per heavy atom. The van der Waals surface area contributed by atoms with Crippen LogP contribution in [0.3, 0.4) is 0 Å². The third kappa shape index (κ3) is 4.60. The van der Waals surface area contributed by atoms with Gasteiger partial charge in [0.25, 0.3) is 0 Å². The van der Waals surface area contributed by atoms with Crippen LogP contribution in [0, 0.1) is 11.8 Å². The summed E-state index contributed by atoms with van der Waals surface area (Å²) in [5.41, 5.74) is 2.91. The fourth-order valence-corrected chi connectivity index (χ4v) is 2.90. The molecule has 1 aromatic carbocycles. The third-order valence-electron chi connectivity index (χ3n) is 4.40. The zero-order valence-corrected chi connectivity index (χ0v) is 12.8. The van der Waals surface area contributed by atoms with Crippen molar-refractivity contribution in [1.82, 2.24) is 10.2 Å². The van der Waals surface area contributed by atoms with Crippen LogP contribution in [0.15, 0.2) is 24.3 Å². The first-order chi connectivity index (χ1) is 9.83. The lowest BCUT2D eigenvalue weighted by molar-refractivity contribution is 0.244. The Morgan fingerprint density at radius 1 is 1.05 bits per heavy atom. The molecule has 2 nitrogen and oxygen atoms in total. The van der Waals surface area contributed by atoms with Crippen molar-refractivity contribution < 1.29 is 0 Å². The van der Waals surface area contributed by atoms with Crippen molar-refractivity contribution >= 4 is 0 Å². The Labute approximate surface area is 123 Å². The van der Waals surface area contributed by atoms with Crippen LogP contribution in [0.2, 0.25) is 0 Å². The molecular weight excluding hydrogens is 244 g/mol. The van der Waals surface area contributed by atoms with Crippen molar-refractivity contribution in [1.29, 1.82) is 0 Å². The lowest BCUT2D eigenvalue weighted by Crippen LogP contribution is -2.28. The van der Waals surface area contributed by atoms with Crippen molar-refractivity contribution in [2.75, 3.05) is 19.6 Å². The maximum absolute atomic E-state index is 3.42. The van der Waals surface area contributed by atoms with Gasteiger partial charge in [0.15, 0.2) is 0 Å². The van der Waals surface area contributed by atoms with E-state index in [0.717, 1.165) is 31.5 Å². The molecule has 0 radical (unpaired) electrons. The van der Waals surface area contributed by atoms with E-state index in [-0.39, 0.29) is 0 Å². The molecule has 0 heterocycles. The molecule has 0 atom stereocenters. The average molecular weight is 272 g/mol. The second-order valence-electron chi connectivity index (χ2n) is 6.68. The summed E-state index contributed by atoms with van der Waals surface area (Å²) in [5.74, 6) is 2.00. The topological polar surface area (TPSA) is 15.3 Å². The molecule has 0 saturated heterocycles. The van der Waals surface area contributed by atoms with Crippen LogP contribution < -0.4 is 5.32 Å². The van der Waals surface area contributed by atoms with Crippen LogP contribution >= 0.6 is 0 Å². The summed E-state index contributed by atoms with van der Waals surface area (Å²) in [5, 5.41) is 3.42. The quantitative estimate of drug-likeness (QED) is 0.741. The van der Waals surface area contributed by atoms with Crippen molar-refractivity contribution in [3.05, 3.63) is 35.4 Å². The molecule has 3 rings (SSSR count). The number of hydrogen-bond donors (Lipinski definition) is 1. The molecule has 0 aliphatic heterocycles. The smallest absolute Gasteiger partial charge is 0.0234 e. The van der Waals surface area contributed by atoms with Gasteiger partial charge in [0.2, 0.25) is 0 Å². The molecule has 2 aliphatic rings. The number of rotatable bonds is 9. The Kier molecular flexibility index (Phi) is 4.74. The maximum atomic E-state index is 3.42. The normalized spacial score (nSPS) is 18.7. The predicted octanol–water partition coefficient (Wildman–Crippen LogP) is 3.42. The van der Waals surface area contributed by atoms with Gasteiger partial charge in [-0.05, 0) is 55.2 Å². The maximum Gasteiger partial charge on any atom is 0.0234 e. The van der Waals surface area contributed by atoms with Gasteiger partial charge in [0, 0.05) is 26.2 Å². The molecule has 0 unspecified atom stereocenters. The lowest BCUT2D eigenvalue weighted by Gasteiger charge is -2.22. The summed E-state index contributed by atoms with van der Waals surface area (Å²) in [4.78, 5) is 2.71. The summed E-state index contributed by atoms with van der Waals surface area (Å²) in [6.45, 7) is 8.00. The minimum Gasteiger partial charge on any atom is -0.313 e. The molecule has 1 aromatic rings. The van der Waals surface area contributed by atoms with Crippen LogP contribution in [0.5, 0.6) is 0 Å². The van der Waals surface area contributed by atoms with Gasteiger partial charge in [-0.1, -0.05) is 31.2 Å². The summed E-state index contributed by atoms with van der Waals surface area (Å²) in [7, 11) is 0. The van der Waals surface area contributed by atoms with Gasteiger partial charge in [-0.3, -0.25) is 4.90 Å². The summed E-state index contributed by atoms with van der Waals surface area (Å²) in [6.07, 6.45) is 5.84. The van der Waals surface area contributed by atoms with Crippen LogP contribution in [-0.4, -0.2) is 24.5 Å². The largest absolute Gasteiger partial charge is 0.313 e. The highest BCUT2D eigenvalue weighted by atomic mass is 15.1. The predicted molar refractivity (Wildman–Crippen MR) is 84.5 cm³/mol. The average Bonchev–Trinajstić information content (AvgIpc) is 3.33. The van der Waals surface area contributed by atoms with Crippen molar-refractivity contribution in [2.24, 2.45) is 11.8 Å². The number of nitrogens with zero attached hydrogens (tertiary/aromatic N) is 1. The SMILES string of the molecule is CCNCc1cccc(CN(CC2CC2)CC2CC2)c1. The third-order valence-corrected chi connectivity index (χ3v) is 4.40. The highest BCUT2D eigenvalue weighted by Gasteiger charge is 2.29. The number of nitrogens with one attached hydrogen (secondary N) is 1. The molecule has 2 fully saturated rings. The van der Waals surface area contributed by atoms with E-state index in [1.54, 1.807) is 0 Å². The van der Waals surface area contributed by atoms with Crippen LogP contribution in [0.1, 0.15) is 43.7 Å². The molecule has 20 heavy (non-hydrogen) atoms. The molecule has 2 aliphatic carbocycles. The van der Waals surface area contributed by atoms with Gasteiger partial charge in [0.1, 0.15) is 0 Å². The fraction of sp³-hybridized carbons (Fsp3) is 0.667. The van der Waals surface area contributed by atoms with Crippen LogP contribution in [0.4, 0.5) is 0 Å². The Morgan fingerprint density at radius 3 is 2.30 bits per heavy atom. The van der Waals surface area contributed by atoms with E-state index in [0.29, 0.717) is 0 Å². The molecule has 0 amide bonds. The molecule has 0 bridgehead atoms. The number of hydrogen-bond acceptors (Lipinski definition) is 2. The Balaban J connectivity index is 1.57. The lowest BCUT2D eigenvalue weighted by atomic mass is 10.1. The van der Waals surface area contributed by atoms with Crippen LogP contribution in [-0.2, 0) is 13.1 Å².